The van der Waals surface area contributed by atoms with Crippen LogP contribution < -0.4 is 0 Å². The summed E-state index contributed by atoms with van der Waals surface area (Å²) in [7, 11) is 0. The first-order valence-corrected chi connectivity index (χ1v) is 10.4. The van der Waals surface area contributed by atoms with Gasteiger partial charge in [-0.2, -0.15) is 0 Å². The Hall–Kier alpha value is -2.60. The molecule has 0 spiro atoms. The van der Waals surface area contributed by atoms with Gasteiger partial charge in [-0.25, -0.2) is 4.98 Å². The number of hydrogen-bond acceptors (Lipinski definition) is 5. The Morgan fingerprint density at radius 1 is 1.24 bits per heavy atom. The highest BCUT2D eigenvalue weighted by Gasteiger charge is 2.29. The number of amides is 1. The molecule has 3 aromatic rings. The number of carbonyl (C=O) groups excluding carboxylic acids is 1. The Kier molecular flexibility index (Phi) is 4.66. The van der Waals surface area contributed by atoms with Gasteiger partial charge in [0.15, 0.2) is 5.89 Å². The van der Waals surface area contributed by atoms with Gasteiger partial charge < -0.3 is 18.5 Å². The average molecular weight is 394 g/mol. The third kappa shape index (κ3) is 3.46. The van der Waals surface area contributed by atoms with Crippen LogP contribution in [0.15, 0.2) is 27.2 Å². The van der Waals surface area contributed by atoms with Crippen LogP contribution in [0.1, 0.15) is 52.8 Å². The number of aryl methyl sites for hydroxylation is 2. The summed E-state index contributed by atoms with van der Waals surface area (Å²) in [5.74, 6) is 2.20. The molecule has 2 aromatic heterocycles. The smallest absolute Gasteiger partial charge is 0.227 e. The van der Waals surface area contributed by atoms with Gasteiger partial charge in [0.2, 0.25) is 5.91 Å². The lowest BCUT2D eigenvalue weighted by Crippen LogP contribution is -2.36. The summed E-state index contributed by atoms with van der Waals surface area (Å²) in [4.78, 5) is 19.6. The molecule has 6 nitrogen and oxygen atoms in total. The molecule has 1 amide bonds. The highest BCUT2D eigenvalue weighted by molar-refractivity contribution is 5.90. The number of furan rings is 1. The van der Waals surface area contributed by atoms with Crippen LogP contribution in [0.5, 0.6) is 0 Å². The Bertz CT molecular complexity index is 1060. The fourth-order valence-electron chi connectivity index (χ4n) is 4.58. The number of ether oxygens (including phenoxy) is 1. The number of fused-ring (bicyclic) bond motifs is 2. The van der Waals surface area contributed by atoms with E-state index in [1.54, 1.807) is 6.26 Å². The summed E-state index contributed by atoms with van der Waals surface area (Å²) in [6, 6.07) is 4.16. The van der Waals surface area contributed by atoms with Crippen LogP contribution in [0.25, 0.3) is 11.0 Å². The molecule has 0 atom stereocenters. The molecule has 5 rings (SSSR count). The average Bonchev–Trinajstić information content (AvgIpc) is 3.32. The van der Waals surface area contributed by atoms with Crippen LogP contribution in [-0.2, 0) is 28.9 Å². The Balaban J connectivity index is 1.32. The van der Waals surface area contributed by atoms with Gasteiger partial charge >= 0.3 is 0 Å². The van der Waals surface area contributed by atoms with Crippen molar-refractivity contribution in [3.63, 3.8) is 0 Å². The molecule has 0 N–H and O–H groups in total. The van der Waals surface area contributed by atoms with Gasteiger partial charge in [0.05, 0.1) is 19.2 Å². The van der Waals surface area contributed by atoms with Crippen LogP contribution >= 0.6 is 0 Å². The molecule has 0 saturated carbocycles. The lowest BCUT2D eigenvalue weighted by Gasteiger charge is -2.25. The first-order valence-electron chi connectivity index (χ1n) is 10.4. The number of hydrogen-bond donors (Lipinski definition) is 0. The summed E-state index contributed by atoms with van der Waals surface area (Å²) >= 11 is 0. The van der Waals surface area contributed by atoms with Crippen LogP contribution in [0.3, 0.4) is 0 Å². The van der Waals surface area contributed by atoms with E-state index in [2.05, 4.69) is 19.9 Å². The minimum Gasteiger partial charge on any atom is -0.464 e. The van der Waals surface area contributed by atoms with Gasteiger partial charge in [-0.15, -0.1) is 0 Å². The number of oxazole rings is 1. The van der Waals surface area contributed by atoms with Gasteiger partial charge in [0.1, 0.15) is 17.0 Å². The van der Waals surface area contributed by atoms with E-state index in [9.17, 15) is 4.79 Å². The van der Waals surface area contributed by atoms with E-state index in [0.29, 0.717) is 25.4 Å². The van der Waals surface area contributed by atoms with E-state index in [1.165, 1.54) is 0 Å². The van der Waals surface area contributed by atoms with Gasteiger partial charge in [-0.3, -0.25) is 4.79 Å². The maximum absolute atomic E-state index is 13.0. The second-order valence-corrected chi connectivity index (χ2v) is 8.27. The molecule has 0 unspecified atom stereocenters. The minimum absolute atomic E-state index is 0.106. The summed E-state index contributed by atoms with van der Waals surface area (Å²) in [6.45, 7) is 6.84. The number of benzene rings is 1. The van der Waals surface area contributed by atoms with Crippen molar-refractivity contribution >= 4 is 16.9 Å². The standard InChI is InChI=1S/C23H26N2O4/c1-14-9-15(2)22-17(13-28-20(22)10-14)11-21(26)25-6-3-19-18(12-25)24-23(29-19)16-4-7-27-8-5-16/h9-10,13,16H,3-8,11-12H2,1-2H3. The molecular formula is C23H26N2O4. The van der Waals surface area contributed by atoms with E-state index < -0.39 is 0 Å². The zero-order valence-corrected chi connectivity index (χ0v) is 17.0. The van der Waals surface area contributed by atoms with Crippen LogP contribution in [0.2, 0.25) is 0 Å². The predicted octanol–water partition coefficient (Wildman–Crippen LogP) is 4.06. The topological polar surface area (TPSA) is 68.7 Å². The lowest BCUT2D eigenvalue weighted by atomic mass is 10.0. The third-order valence-corrected chi connectivity index (χ3v) is 6.10. The largest absolute Gasteiger partial charge is 0.464 e. The normalized spacial score (nSPS) is 17.7. The molecular weight excluding hydrogens is 368 g/mol. The number of rotatable bonds is 3. The third-order valence-electron chi connectivity index (χ3n) is 6.10. The summed E-state index contributed by atoms with van der Waals surface area (Å²) in [5, 5.41) is 1.06. The van der Waals surface area contributed by atoms with Crippen molar-refractivity contribution in [3.05, 3.63) is 52.4 Å². The molecule has 1 fully saturated rings. The second kappa shape index (κ2) is 7.34. The monoisotopic (exact) mass is 394 g/mol. The van der Waals surface area contributed by atoms with E-state index >= 15 is 0 Å². The Morgan fingerprint density at radius 3 is 2.90 bits per heavy atom. The molecule has 29 heavy (non-hydrogen) atoms. The highest BCUT2D eigenvalue weighted by Crippen LogP contribution is 2.31. The lowest BCUT2D eigenvalue weighted by molar-refractivity contribution is -0.131. The van der Waals surface area contributed by atoms with Crippen molar-refractivity contribution in [2.45, 2.75) is 52.0 Å². The predicted molar refractivity (Wildman–Crippen MR) is 108 cm³/mol. The summed E-state index contributed by atoms with van der Waals surface area (Å²) in [6.07, 6.45) is 4.70. The minimum atomic E-state index is 0.106. The zero-order chi connectivity index (χ0) is 20.0. The SMILES string of the molecule is Cc1cc(C)c2c(CC(=O)N3CCc4oc(C5CCOCC5)nc4C3)coc2c1. The van der Waals surface area contributed by atoms with Crippen molar-refractivity contribution in [2.24, 2.45) is 0 Å². The van der Waals surface area contributed by atoms with Crippen LogP contribution in [0, 0.1) is 13.8 Å². The summed E-state index contributed by atoms with van der Waals surface area (Å²) < 4.78 is 17.2. The molecule has 2 aliphatic rings. The molecule has 6 heteroatoms. The van der Waals surface area contributed by atoms with Gasteiger partial charge in [0.25, 0.3) is 0 Å². The number of carbonyl (C=O) groups is 1. The fourth-order valence-corrected chi connectivity index (χ4v) is 4.58. The van der Waals surface area contributed by atoms with E-state index in [0.717, 1.165) is 77.5 Å². The first kappa shape index (κ1) is 18.4. The van der Waals surface area contributed by atoms with Gasteiger partial charge in [0, 0.05) is 43.0 Å². The molecule has 0 bridgehead atoms. The van der Waals surface area contributed by atoms with E-state index in [-0.39, 0.29) is 5.91 Å². The molecule has 2 aliphatic heterocycles. The zero-order valence-electron chi connectivity index (χ0n) is 17.0. The second-order valence-electron chi connectivity index (χ2n) is 8.27. The number of aromatic nitrogens is 1. The number of nitrogens with zero attached hydrogens (tertiary/aromatic N) is 2. The van der Waals surface area contributed by atoms with Crippen molar-refractivity contribution in [1.82, 2.24) is 9.88 Å². The molecule has 4 heterocycles. The van der Waals surface area contributed by atoms with Crippen molar-refractivity contribution in [1.29, 1.82) is 0 Å². The molecule has 1 aromatic carbocycles. The Labute approximate surface area is 169 Å². The summed E-state index contributed by atoms with van der Waals surface area (Å²) in [5.41, 5.74) is 5.03. The maximum Gasteiger partial charge on any atom is 0.227 e. The highest BCUT2D eigenvalue weighted by atomic mass is 16.5. The Morgan fingerprint density at radius 2 is 2.07 bits per heavy atom. The van der Waals surface area contributed by atoms with E-state index in [4.69, 9.17) is 18.6 Å². The molecule has 152 valence electrons. The van der Waals surface area contributed by atoms with Crippen molar-refractivity contribution < 1.29 is 18.4 Å². The first-order chi connectivity index (χ1) is 14.1. The van der Waals surface area contributed by atoms with Crippen molar-refractivity contribution in [3.8, 4) is 0 Å². The molecule has 0 aliphatic carbocycles. The quantitative estimate of drug-likeness (QED) is 0.670. The van der Waals surface area contributed by atoms with Crippen LogP contribution in [-0.4, -0.2) is 35.5 Å². The van der Waals surface area contributed by atoms with Gasteiger partial charge in [-0.05, 0) is 43.9 Å². The van der Waals surface area contributed by atoms with Gasteiger partial charge in [-0.1, -0.05) is 6.07 Å². The van der Waals surface area contributed by atoms with E-state index in [1.807, 2.05) is 11.0 Å². The molecule has 0 radical (unpaired) electrons. The van der Waals surface area contributed by atoms with Crippen LogP contribution in [0.4, 0.5) is 0 Å². The van der Waals surface area contributed by atoms with Crippen molar-refractivity contribution in [2.75, 3.05) is 19.8 Å². The maximum atomic E-state index is 13.0. The molecule has 1 saturated heterocycles. The fraction of sp³-hybridized carbons (Fsp3) is 0.478.